The number of aliphatic carboxylic acids is 1. The van der Waals surface area contributed by atoms with Crippen molar-refractivity contribution >= 4 is 58.6 Å². The van der Waals surface area contributed by atoms with Gasteiger partial charge in [0.05, 0.1) is 6.42 Å². The Labute approximate surface area is 193 Å². The van der Waals surface area contributed by atoms with E-state index in [1.807, 2.05) is 17.5 Å². The van der Waals surface area contributed by atoms with Gasteiger partial charge in [-0.25, -0.2) is 9.48 Å². The lowest BCUT2D eigenvalue weighted by atomic mass is 10.0. The molecule has 2 aliphatic rings. The van der Waals surface area contributed by atoms with Crippen molar-refractivity contribution in [3.05, 3.63) is 33.7 Å². The molecule has 0 aromatic carbocycles. The minimum Gasteiger partial charge on any atom is -0.477 e. The summed E-state index contributed by atoms with van der Waals surface area (Å²) in [6, 6.07) is 2.92. The standard InChI is InChI=1S/C17H17N7O5S3/c18-10(25)5-23-17(20-21-22-23)32-7-8-6-31-15-12(14(27)24(15)13(8)16(28)29)19-11(26)4-9-2-1-3-30-9/h1-3,12,15H,4-7H2,(H2,18,25)(H,19,26)(H,28,29)/t12?,15-/m0/s1. The SMILES string of the molecule is NC(=O)Cn1nnnc1SCC1=C(C(=O)O)N2C(=O)C(NC(=O)Cc3cccs3)[C@@H]2SC1. The quantitative estimate of drug-likeness (QED) is 0.298. The van der Waals surface area contributed by atoms with Gasteiger partial charge >= 0.3 is 5.97 Å². The number of nitrogens with one attached hydrogen (secondary N) is 1. The molecule has 4 N–H and O–H groups in total. The second-order valence-electron chi connectivity index (χ2n) is 6.84. The van der Waals surface area contributed by atoms with Gasteiger partial charge in [0.1, 0.15) is 23.7 Å². The Morgan fingerprint density at radius 1 is 1.38 bits per heavy atom. The number of aromatic nitrogens is 4. The number of thioether (sulfide) groups is 2. The molecule has 1 saturated heterocycles. The molecule has 2 aromatic rings. The van der Waals surface area contributed by atoms with Gasteiger partial charge in [-0.3, -0.25) is 19.3 Å². The molecule has 0 aliphatic carbocycles. The number of nitrogens with two attached hydrogens (primary N) is 1. The topological polar surface area (TPSA) is 173 Å². The van der Waals surface area contributed by atoms with Crippen molar-refractivity contribution in [2.75, 3.05) is 11.5 Å². The number of hydrogen-bond donors (Lipinski definition) is 3. The van der Waals surface area contributed by atoms with Crippen LogP contribution in [0, 0.1) is 0 Å². The molecule has 1 fully saturated rings. The van der Waals surface area contributed by atoms with Gasteiger partial charge in [-0.15, -0.1) is 28.2 Å². The predicted molar refractivity (Wildman–Crippen MR) is 115 cm³/mol. The van der Waals surface area contributed by atoms with Crippen LogP contribution in [0.25, 0.3) is 0 Å². The van der Waals surface area contributed by atoms with Gasteiger partial charge in [-0.2, -0.15) is 0 Å². The first-order chi connectivity index (χ1) is 15.3. The summed E-state index contributed by atoms with van der Waals surface area (Å²) >= 11 is 3.98. The van der Waals surface area contributed by atoms with Gasteiger partial charge in [0.15, 0.2) is 0 Å². The van der Waals surface area contributed by atoms with Gasteiger partial charge in [0.25, 0.3) is 5.91 Å². The van der Waals surface area contributed by atoms with E-state index < -0.39 is 29.2 Å². The number of tetrazole rings is 1. The van der Waals surface area contributed by atoms with E-state index in [9.17, 15) is 24.3 Å². The number of nitrogens with zero attached hydrogens (tertiary/aromatic N) is 5. The summed E-state index contributed by atoms with van der Waals surface area (Å²) in [6.45, 7) is -0.200. The first-order valence-corrected chi connectivity index (χ1v) is 12.2. The third-order valence-electron chi connectivity index (χ3n) is 4.66. The summed E-state index contributed by atoms with van der Waals surface area (Å²) in [6.07, 6.45) is 0.169. The minimum atomic E-state index is -1.22. The van der Waals surface area contributed by atoms with E-state index >= 15 is 0 Å². The molecule has 2 aromatic heterocycles. The third-order valence-corrected chi connectivity index (χ3v) is 7.92. The van der Waals surface area contributed by atoms with E-state index in [4.69, 9.17) is 5.73 Å². The maximum atomic E-state index is 12.7. The molecule has 12 nitrogen and oxygen atoms in total. The van der Waals surface area contributed by atoms with Crippen LogP contribution in [-0.4, -0.2) is 76.8 Å². The molecule has 15 heteroatoms. The molecule has 0 bridgehead atoms. The number of hydrogen-bond acceptors (Lipinski definition) is 10. The summed E-state index contributed by atoms with van der Waals surface area (Å²) in [5.41, 5.74) is 5.59. The Bertz CT molecular complexity index is 1100. The number of primary amides is 1. The zero-order chi connectivity index (χ0) is 22.8. The van der Waals surface area contributed by atoms with Crippen LogP contribution in [0.3, 0.4) is 0 Å². The van der Waals surface area contributed by atoms with Crippen LogP contribution in [0.2, 0.25) is 0 Å². The van der Waals surface area contributed by atoms with Crippen LogP contribution in [0.5, 0.6) is 0 Å². The number of carbonyl (C=O) groups excluding carboxylic acids is 3. The van der Waals surface area contributed by atoms with Crippen molar-refractivity contribution in [3.8, 4) is 0 Å². The highest BCUT2D eigenvalue weighted by Crippen LogP contribution is 2.41. The fourth-order valence-corrected chi connectivity index (χ4v) is 6.35. The van der Waals surface area contributed by atoms with Crippen molar-refractivity contribution in [1.29, 1.82) is 0 Å². The monoisotopic (exact) mass is 495 g/mol. The summed E-state index contributed by atoms with van der Waals surface area (Å²) in [7, 11) is 0. The van der Waals surface area contributed by atoms with E-state index in [1.165, 1.54) is 32.7 Å². The summed E-state index contributed by atoms with van der Waals surface area (Å²) < 4.78 is 1.22. The molecular weight excluding hydrogens is 478 g/mol. The number of rotatable bonds is 9. The van der Waals surface area contributed by atoms with Crippen molar-refractivity contribution in [2.24, 2.45) is 5.73 Å². The van der Waals surface area contributed by atoms with Crippen molar-refractivity contribution in [2.45, 2.75) is 29.5 Å². The first kappa shape index (κ1) is 22.3. The molecule has 168 valence electrons. The second-order valence-corrected chi connectivity index (χ2v) is 9.92. The maximum Gasteiger partial charge on any atom is 0.352 e. The van der Waals surface area contributed by atoms with E-state index in [-0.39, 0.29) is 30.3 Å². The smallest absolute Gasteiger partial charge is 0.352 e. The highest BCUT2D eigenvalue weighted by atomic mass is 32.2. The Kier molecular flexibility index (Phi) is 6.48. The van der Waals surface area contributed by atoms with E-state index in [1.54, 1.807) is 0 Å². The lowest BCUT2D eigenvalue weighted by molar-refractivity contribution is -0.150. The molecular formula is C17H17N7O5S3. The molecule has 0 radical (unpaired) electrons. The van der Waals surface area contributed by atoms with Gasteiger partial charge in [-0.1, -0.05) is 17.8 Å². The van der Waals surface area contributed by atoms with Crippen LogP contribution in [-0.2, 0) is 32.1 Å². The molecule has 2 aliphatic heterocycles. The number of amides is 3. The van der Waals surface area contributed by atoms with Gasteiger partial charge in [0, 0.05) is 16.4 Å². The van der Waals surface area contributed by atoms with Crippen LogP contribution < -0.4 is 11.1 Å². The Morgan fingerprint density at radius 2 is 2.19 bits per heavy atom. The van der Waals surface area contributed by atoms with Crippen LogP contribution in [0.15, 0.2) is 33.9 Å². The molecule has 1 unspecified atom stereocenters. The Balaban J connectivity index is 1.44. The average molecular weight is 496 g/mol. The highest BCUT2D eigenvalue weighted by molar-refractivity contribution is 8.01. The normalized spacial score (nSPS) is 20.0. The van der Waals surface area contributed by atoms with Gasteiger partial charge in [0.2, 0.25) is 17.0 Å². The number of β-lactam (4-membered cyclic amide) rings is 1. The van der Waals surface area contributed by atoms with Crippen molar-refractivity contribution < 1.29 is 24.3 Å². The predicted octanol–water partition coefficient (Wildman–Crippen LogP) is -0.707. The van der Waals surface area contributed by atoms with Crippen molar-refractivity contribution in [1.82, 2.24) is 30.4 Å². The highest BCUT2D eigenvalue weighted by Gasteiger charge is 2.54. The molecule has 0 saturated carbocycles. The van der Waals surface area contributed by atoms with E-state index in [0.29, 0.717) is 16.5 Å². The Morgan fingerprint density at radius 3 is 2.88 bits per heavy atom. The lowest BCUT2D eigenvalue weighted by Gasteiger charge is -2.49. The molecule has 0 spiro atoms. The Hall–Kier alpha value is -2.91. The van der Waals surface area contributed by atoms with Crippen LogP contribution in [0.1, 0.15) is 4.88 Å². The lowest BCUT2D eigenvalue weighted by Crippen LogP contribution is -2.70. The number of carboxylic acid groups (broad SMARTS) is 1. The van der Waals surface area contributed by atoms with Gasteiger partial charge in [-0.05, 0) is 27.4 Å². The zero-order valence-electron chi connectivity index (χ0n) is 16.3. The number of fused-ring (bicyclic) bond motifs is 1. The second kappa shape index (κ2) is 9.30. The molecule has 2 atom stereocenters. The van der Waals surface area contributed by atoms with E-state index in [0.717, 1.165) is 16.6 Å². The molecule has 4 rings (SSSR count). The zero-order valence-corrected chi connectivity index (χ0v) is 18.8. The molecule has 4 heterocycles. The third kappa shape index (κ3) is 4.49. The number of thiophene rings is 1. The van der Waals surface area contributed by atoms with Crippen molar-refractivity contribution in [3.63, 3.8) is 0 Å². The van der Waals surface area contributed by atoms with E-state index in [2.05, 4.69) is 20.8 Å². The minimum absolute atomic E-state index is 0.0936. The average Bonchev–Trinajstić information content (AvgIpc) is 3.41. The fraction of sp³-hybridized carbons (Fsp3) is 0.353. The summed E-state index contributed by atoms with van der Waals surface area (Å²) in [5, 5.41) is 25.2. The maximum absolute atomic E-state index is 12.7. The fourth-order valence-electron chi connectivity index (χ4n) is 3.29. The molecule has 32 heavy (non-hydrogen) atoms. The molecule has 3 amide bonds. The summed E-state index contributed by atoms with van der Waals surface area (Å²) in [5.74, 6) is -2.01. The van der Waals surface area contributed by atoms with Gasteiger partial charge < -0.3 is 16.2 Å². The largest absolute Gasteiger partial charge is 0.477 e. The van der Waals surface area contributed by atoms with Crippen LogP contribution >= 0.6 is 34.9 Å². The number of carboxylic acids is 1. The number of carbonyl (C=O) groups is 4. The first-order valence-electron chi connectivity index (χ1n) is 9.24. The summed E-state index contributed by atoms with van der Waals surface area (Å²) in [4.78, 5) is 50.2. The van der Waals surface area contributed by atoms with Crippen LogP contribution in [0.4, 0.5) is 0 Å².